The van der Waals surface area contributed by atoms with Gasteiger partial charge in [0.15, 0.2) is 5.17 Å². The Morgan fingerprint density at radius 3 is 2.69 bits per heavy atom. The average molecular weight is 416 g/mol. The summed E-state index contributed by atoms with van der Waals surface area (Å²) in [4.78, 5) is 37.9. The minimum atomic E-state index is -0.104. The second-order valence-corrected chi connectivity index (χ2v) is 9.13. The van der Waals surface area contributed by atoms with Crippen LogP contribution in [-0.2, 0) is 9.59 Å². The lowest BCUT2D eigenvalue weighted by atomic mass is 10.1. The van der Waals surface area contributed by atoms with Gasteiger partial charge in [-0.05, 0) is 25.0 Å². The summed E-state index contributed by atoms with van der Waals surface area (Å²) in [5, 5.41) is 4.20. The molecular formula is C21H29N5O2S. The highest BCUT2D eigenvalue weighted by Crippen LogP contribution is 2.35. The highest BCUT2D eigenvalue weighted by molar-refractivity contribution is 8.14. The van der Waals surface area contributed by atoms with Gasteiger partial charge in [0.25, 0.3) is 0 Å². The second-order valence-electron chi connectivity index (χ2n) is 7.90. The van der Waals surface area contributed by atoms with E-state index in [1.165, 1.54) is 25.7 Å². The minimum absolute atomic E-state index is 0.0481. The van der Waals surface area contributed by atoms with Gasteiger partial charge in [0.2, 0.25) is 11.8 Å². The Kier molecular flexibility index (Phi) is 6.69. The third-order valence-electron chi connectivity index (χ3n) is 5.88. The zero-order valence-electron chi connectivity index (χ0n) is 16.8. The van der Waals surface area contributed by atoms with Crippen LogP contribution in [0, 0.1) is 0 Å². The normalized spacial score (nSPS) is 24.5. The summed E-state index contributed by atoms with van der Waals surface area (Å²) in [7, 11) is 0. The summed E-state index contributed by atoms with van der Waals surface area (Å²) in [6, 6.07) is 6.22. The molecule has 8 heteroatoms. The number of carbonyl (C=O) groups excluding carboxylic acids is 2. The van der Waals surface area contributed by atoms with Crippen molar-refractivity contribution in [2.24, 2.45) is 4.99 Å². The largest absolute Gasteiger partial charge is 0.353 e. The van der Waals surface area contributed by atoms with E-state index in [1.54, 1.807) is 18.0 Å². The number of nitrogens with one attached hydrogen (secondary N) is 1. The van der Waals surface area contributed by atoms with Gasteiger partial charge in [-0.15, -0.1) is 0 Å². The molecule has 156 valence electrons. The minimum Gasteiger partial charge on any atom is -0.353 e. The first-order chi connectivity index (χ1) is 14.2. The Labute approximate surface area is 176 Å². The van der Waals surface area contributed by atoms with Crippen molar-refractivity contribution >= 4 is 34.6 Å². The molecule has 0 bridgehead atoms. The van der Waals surface area contributed by atoms with E-state index < -0.39 is 0 Å². The van der Waals surface area contributed by atoms with Crippen LogP contribution in [0.5, 0.6) is 0 Å². The van der Waals surface area contributed by atoms with Gasteiger partial charge >= 0.3 is 0 Å². The van der Waals surface area contributed by atoms with Gasteiger partial charge in [0, 0.05) is 50.5 Å². The second kappa shape index (κ2) is 9.61. The number of piperazine rings is 1. The Bertz CT molecular complexity index is 749. The Balaban J connectivity index is 1.18. The highest BCUT2D eigenvalue weighted by atomic mass is 32.2. The lowest BCUT2D eigenvalue weighted by Gasteiger charge is -2.35. The smallest absolute Gasteiger partial charge is 0.226 e. The first-order valence-corrected chi connectivity index (χ1v) is 11.5. The van der Waals surface area contributed by atoms with Crippen molar-refractivity contribution in [2.45, 2.75) is 56.2 Å². The van der Waals surface area contributed by atoms with Crippen LogP contribution in [0.4, 0.5) is 5.82 Å². The molecule has 1 aromatic heterocycles. The lowest BCUT2D eigenvalue weighted by Crippen LogP contribution is -2.49. The summed E-state index contributed by atoms with van der Waals surface area (Å²) in [6.07, 6.45) is 8.34. The predicted octanol–water partition coefficient (Wildman–Crippen LogP) is 2.43. The monoisotopic (exact) mass is 415 g/mol. The SMILES string of the molecule is O=C(CCC(=O)N1CCN(c2ccccn2)CC1)NC1=N[C@H]2CCCCC[C@@H]2S1. The molecule has 1 saturated carbocycles. The Hall–Kier alpha value is -2.09. The highest BCUT2D eigenvalue weighted by Gasteiger charge is 2.31. The number of anilines is 1. The van der Waals surface area contributed by atoms with E-state index in [4.69, 9.17) is 4.99 Å². The van der Waals surface area contributed by atoms with Gasteiger partial charge < -0.3 is 15.1 Å². The number of amidine groups is 1. The van der Waals surface area contributed by atoms with Crippen LogP contribution in [0.15, 0.2) is 29.4 Å². The molecule has 0 unspecified atom stereocenters. The fraction of sp³-hybridized carbons (Fsp3) is 0.619. The molecule has 2 fully saturated rings. The van der Waals surface area contributed by atoms with E-state index in [-0.39, 0.29) is 24.7 Å². The quantitative estimate of drug-likeness (QED) is 0.817. The molecule has 2 atom stereocenters. The molecule has 29 heavy (non-hydrogen) atoms. The number of aliphatic imine (C=N–C) groups is 1. The molecule has 0 spiro atoms. The van der Waals surface area contributed by atoms with E-state index in [1.807, 2.05) is 23.1 Å². The van der Waals surface area contributed by atoms with E-state index >= 15 is 0 Å². The average Bonchev–Trinajstić information content (AvgIpc) is 3.00. The van der Waals surface area contributed by atoms with Crippen molar-refractivity contribution < 1.29 is 9.59 Å². The number of carbonyl (C=O) groups is 2. The van der Waals surface area contributed by atoms with Gasteiger partial charge in [-0.1, -0.05) is 37.1 Å². The van der Waals surface area contributed by atoms with Crippen LogP contribution in [0.1, 0.15) is 44.9 Å². The number of aromatic nitrogens is 1. The van der Waals surface area contributed by atoms with E-state index in [0.717, 1.165) is 30.5 Å². The fourth-order valence-electron chi connectivity index (χ4n) is 4.21. The number of thioether (sulfide) groups is 1. The van der Waals surface area contributed by atoms with Gasteiger partial charge in [0.05, 0.1) is 6.04 Å². The van der Waals surface area contributed by atoms with Crippen molar-refractivity contribution in [1.82, 2.24) is 15.2 Å². The first kappa shape index (κ1) is 20.2. The Morgan fingerprint density at radius 1 is 1.07 bits per heavy atom. The lowest BCUT2D eigenvalue weighted by molar-refractivity contribution is -0.133. The van der Waals surface area contributed by atoms with Crippen LogP contribution in [0.3, 0.4) is 0 Å². The number of rotatable bonds is 4. The summed E-state index contributed by atoms with van der Waals surface area (Å²) >= 11 is 1.71. The number of amides is 2. The van der Waals surface area contributed by atoms with Gasteiger partial charge in [-0.2, -0.15) is 0 Å². The zero-order valence-corrected chi connectivity index (χ0v) is 17.6. The molecule has 3 heterocycles. The molecule has 1 N–H and O–H groups in total. The number of hydrogen-bond donors (Lipinski definition) is 1. The molecule has 0 aromatic carbocycles. The first-order valence-electron chi connectivity index (χ1n) is 10.7. The summed E-state index contributed by atoms with van der Waals surface area (Å²) in [5.74, 6) is 0.894. The predicted molar refractivity (Wildman–Crippen MR) is 116 cm³/mol. The maximum atomic E-state index is 12.5. The Morgan fingerprint density at radius 2 is 1.90 bits per heavy atom. The zero-order chi connectivity index (χ0) is 20.1. The van der Waals surface area contributed by atoms with Gasteiger partial charge in [-0.25, -0.2) is 4.98 Å². The summed E-state index contributed by atoms with van der Waals surface area (Å²) in [6.45, 7) is 2.88. The van der Waals surface area contributed by atoms with Crippen molar-refractivity contribution in [1.29, 1.82) is 0 Å². The molecule has 7 nitrogen and oxygen atoms in total. The fourth-order valence-corrected chi connectivity index (χ4v) is 5.51. The molecule has 1 saturated heterocycles. The molecule has 3 aliphatic rings. The number of pyridine rings is 1. The van der Waals surface area contributed by atoms with E-state index in [2.05, 4.69) is 15.2 Å². The maximum absolute atomic E-state index is 12.5. The molecule has 2 aliphatic heterocycles. The van der Waals surface area contributed by atoms with Crippen molar-refractivity contribution in [3.63, 3.8) is 0 Å². The number of hydrogen-bond acceptors (Lipinski definition) is 6. The number of nitrogens with zero attached hydrogens (tertiary/aromatic N) is 4. The van der Waals surface area contributed by atoms with Crippen LogP contribution >= 0.6 is 11.8 Å². The van der Waals surface area contributed by atoms with Crippen molar-refractivity contribution in [3.8, 4) is 0 Å². The van der Waals surface area contributed by atoms with Crippen molar-refractivity contribution in [3.05, 3.63) is 24.4 Å². The number of fused-ring (bicyclic) bond motifs is 1. The summed E-state index contributed by atoms with van der Waals surface area (Å²) in [5.41, 5.74) is 0. The van der Waals surface area contributed by atoms with Crippen LogP contribution < -0.4 is 10.2 Å². The molecule has 1 aliphatic carbocycles. The van der Waals surface area contributed by atoms with E-state index in [0.29, 0.717) is 24.4 Å². The third-order valence-corrected chi connectivity index (χ3v) is 7.17. The van der Waals surface area contributed by atoms with Gasteiger partial charge in [0.1, 0.15) is 5.82 Å². The molecule has 0 radical (unpaired) electrons. The molecule has 4 rings (SSSR count). The molecular weight excluding hydrogens is 386 g/mol. The standard InChI is InChI=1S/C21H29N5O2S/c27-19(24-21-23-16-6-2-1-3-7-17(16)29-21)9-10-20(28)26-14-12-25(13-15-26)18-8-4-5-11-22-18/h4-5,8,11,16-17H,1-3,6-7,9-10,12-15H2,(H,23,24,27)/t16-,17-/m0/s1. The van der Waals surface area contributed by atoms with Crippen LogP contribution in [0.25, 0.3) is 0 Å². The third kappa shape index (κ3) is 5.29. The topological polar surface area (TPSA) is 77.9 Å². The van der Waals surface area contributed by atoms with Crippen LogP contribution in [0.2, 0.25) is 0 Å². The maximum Gasteiger partial charge on any atom is 0.226 e. The summed E-state index contributed by atoms with van der Waals surface area (Å²) < 4.78 is 0. The molecule has 1 aromatic rings. The van der Waals surface area contributed by atoms with Gasteiger partial charge in [-0.3, -0.25) is 14.6 Å². The van der Waals surface area contributed by atoms with E-state index in [9.17, 15) is 9.59 Å². The van der Waals surface area contributed by atoms with Crippen molar-refractivity contribution in [2.75, 3.05) is 31.1 Å². The van der Waals surface area contributed by atoms with Crippen LogP contribution in [-0.4, -0.2) is 64.3 Å². The molecule has 2 amide bonds.